The molecule has 0 radical (unpaired) electrons. The van der Waals surface area contributed by atoms with Crippen LogP contribution in [-0.4, -0.2) is 18.1 Å². The fourth-order valence-electron chi connectivity index (χ4n) is 1.77. The molecule has 0 bridgehead atoms. The summed E-state index contributed by atoms with van der Waals surface area (Å²) in [6, 6.07) is 11.5. The number of pyridine rings is 1. The normalized spacial score (nSPS) is 11.7. The number of hydrogen-bond acceptors (Lipinski definition) is 4. The van der Waals surface area contributed by atoms with Gasteiger partial charge in [-0.05, 0) is 36.8 Å². The number of carbonyl (C=O) groups is 1. The Kier molecular flexibility index (Phi) is 4.13. The van der Waals surface area contributed by atoms with E-state index in [1.54, 1.807) is 12.4 Å². The third-order valence-electron chi connectivity index (χ3n) is 2.93. The molecule has 0 spiro atoms. The molecule has 0 amide bonds. The van der Waals surface area contributed by atoms with Gasteiger partial charge in [-0.2, -0.15) is 0 Å². The molecule has 0 aliphatic carbocycles. The summed E-state index contributed by atoms with van der Waals surface area (Å²) in [5, 5.41) is 3.26. The predicted octanol–water partition coefficient (Wildman–Crippen LogP) is 3.10. The van der Waals surface area contributed by atoms with E-state index in [1.807, 2.05) is 43.3 Å². The Morgan fingerprint density at radius 2 is 1.68 bits per heavy atom. The summed E-state index contributed by atoms with van der Waals surface area (Å²) >= 11 is 0. The molecule has 1 atom stereocenters. The molecule has 0 aliphatic rings. The quantitative estimate of drug-likeness (QED) is 0.854. The second-order valence-corrected chi connectivity index (χ2v) is 4.23. The zero-order valence-electron chi connectivity index (χ0n) is 11.0. The van der Waals surface area contributed by atoms with Gasteiger partial charge in [0.15, 0.2) is 0 Å². The standard InChI is InChI=1S/C15H16N2O2/c1-11(15(18)19-2)12-3-5-13(6-4-12)17-14-7-9-16-10-8-14/h3-11H,1-2H3,(H,16,17)/t11-/m1/s1. The van der Waals surface area contributed by atoms with Crippen LogP contribution < -0.4 is 5.32 Å². The van der Waals surface area contributed by atoms with Gasteiger partial charge in [0.2, 0.25) is 0 Å². The van der Waals surface area contributed by atoms with E-state index >= 15 is 0 Å². The largest absolute Gasteiger partial charge is 0.469 e. The molecule has 0 saturated heterocycles. The summed E-state index contributed by atoms with van der Waals surface area (Å²) in [4.78, 5) is 15.4. The minimum atomic E-state index is -0.250. The SMILES string of the molecule is COC(=O)[C@H](C)c1ccc(Nc2ccncc2)cc1. The summed E-state index contributed by atoms with van der Waals surface area (Å²) in [7, 11) is 1.40. The number of ether oxygens (including phenoxy) is 1. The fourth-order valence-corrected chi connectivity index (χ4v) is 1.77. The van der Waals surface area contributed by atoms with Crippen molar-refractivity contribution in [1.29, 1.82) is 0 Å². The molecule has 4 heteroatoms. The summed E-state index contributed by atoms with van der Waals surface area (Å²) in [6.07, 6.45) is 3.46. The van der Waals surface area contributed by atoms with Gasteiger partial charge >= 0.3 is 5.97 Å². The van der Waals surface area contributed by atoms with Gasteiger partial charge in [0, 0.05) is 23.8 Å². The lowest BCUT2D eigenvalue weighted by molar-refractivity contribution is -0.141. The number of methoxy groups -OCH3 is 1. The van der Waals surface area contributed by atoms with Gasteiger partial charge in [0.1, 0.15) is 0 Å². The van der Waals surface area contributed by atoms with E-state index in [2.05, 4.69) is 10.3 Å². The second-order valence-electron chi connectivity index (χ2n) is 4.23. The fraction of sp³-hybridized carbons (Fsp3) is 0.200. The van der Waals surface area contributed by atoms with E-state index in [1.165, 1.54) is 7.11 Å². The second kappa shape index (κ2) is 6.00. The number of esters is 1. The molecule has 98 valence electrons. The Labute approximate surface area is 112 Å². The monoisotopic (exact) mass is 256 g/mol. The van der Waals surface area contributed by atoms with Gasteiger partial charge in [-0.15, -0.1) is 0 Å². The number of carbonyl (C=O) groups excluding carboxylic acids is 1. The number of hydrogen-bond donors (Lipinski definition) is 1. The topological polar surface area (TPSA) is 51.2 Å². The molecule has 0 fully saturated rings. The Balaban J connectivity index is 2.08. The van der Waals surface area contributed by atoms with Crippen LogP contribution in [0.4, 0.5) is 11.4 Å². The highest BCUT2D eigenvalue weighted by molar-refractivity contribution is 5.77. The van der Waals surface area contributed by atoms with Crippen LogP contribution in [0.5, 0.6) is 0 Å². The molecule has 0 aliphatic heterocycles. The average molecular weight is 256 g/mol. The van der Waals surface area contributed by atoms with E-state index in [0.29, 0.717) is 0 Å². The van der Waals surface area contributed by atoms with Gasteiger partial charge in [-0.1, -0.05) is 12.1 Å². The molecule has 1 N–H and O–H groups in total. The molecular weight excluding hydrogens is 240 g/mol. The Morgan fingerprint density at radius 3 is 2.26 bits per heavy atom. The van der Waals surface area contributed by atoms with Crippen molar-refractivity contribution in [3.8, 4) is 0 Å². The van der Waals surface area contributed by atoms with E-state index in [4.69, 9.17) is 4.74 Å². The number of nitrogens with one attached hydrogen (secondary N) is 1. The highest BCUT2D eigenvalue weighted by Gasteiger charge is 2.14. The summed E-state index contributed by atoms with van der Waals surface area (Å²) < 4.78 is 4.73. The van der Waals surface area contributed by atoms with Crippen molar-refractivity contribution < 1.29 is 9.53 Å². The smallest absolute Gasteiger partial charge is 0.312 e. The van der Waals surface area contributed by atoms with Gasteiger partial charge in [-0.3, -0.25) is 9.78 Å². The lowest BCUT2D eigenvalue weighted by atomic mass is 10.0. The zero-order chi connectivity index (χ0) is 13.7. The van der Waals surface area contributed by atoms with Gasteiger partial charge in [0.05, 0.1) is 13.0 Å². The first-order chi connectivity index (χ1) is 9.20. The van der Waals surface area contributed by atoms with Crippen LogP contribution in [0.2, 0.25) is 0 Å². The highest BCUT2D eigenvalue weighted by atomic mass is 16.5. The van der Waals surface area contributed by atoms with Crippen LogP contribution in [0.15, 0.2) is 48.8 Å². The first-order valence-electron chi connectivity index (χ1n) is 6.05. The van der Waals surface area contributed by atoms with Crippen LogP contribution in [-0.2, 0) is 9.53 Å². The van der Waals surface area contributed by atoms with Crippen molar-refractivity contribution in [2.45, 2.75) is 12.8 Å². The summed E-state index contributed by atoms with van der Waals surface area (Å²) in [5.74, 6) is -0.477. The molecule has 1 aromatic heterocycles. The van der Waals surface area contributed by atoms with E-state index in [0.717, 1.165) is 16.9 Å². The number of benzene rings is 1. The van der Waals surface area contributed by atoms with Gasteiger partial charge < -0.3 is 10.1 Å². The van der Waals surface area contributed by atoms with E-state index in [-0.39, 0.29) is 11.9 Å². The molecule has 0 saturated carbocycles. The number of anilines is 2. The van der Waals surface area contributed by atoms with Crippen LogP contribution in [0.3, 0.4) is 0 Å². The first kappa shape index (κ1) is 13.1. The van der Waals surface area contributed by atoms with Crippen LogP contribution in [0.1, 0.15) is 18.4 Å². The Morgan fingerprint density at radius 1 is 1.11 bits per heavy atom. The number of nitrogens with zero attached hydrogens (tertiary/aromatic N) is 1. The third-order valence-corrected chi connectivity index (χ3v) is 2.93. The highest BCUT2D eigenvalue weighted by Crippen LogP contribution is 2.21. The third kappa shape index (κ3) is 3.31. The molecule has 2 aromatic rings. The number of rotatable bonds is 4. The van der Waals surface area contributed by atoms with E-state index < -0.39 is 0 Å². The summed E-state index contributed by atoms with van der Waals surface area (Å²) in [5.41, 5.74) is 2.88. The van der Waals surface area contributed by atoms with Crippen molar-refractivity contribution in [3.05, 3.63) is 54.4 Å². The minimum absolute atomic E-state index is 0.227. The Bertz CT molecular complexity index is 538. The molecule has 1 aromatic carbocycles. The maximum atomic E-state index is 11.4. The molecule has 2 rings (SSSR count). The predicted molar refractivity (Wildman–Crippen MR) is 74.4 cm³/mol. The average Bonchev–Trinajstić information content (AvgIpc) is 2.47. The van der Waals surface area contributed by atoms with Crippen molar-refractivity contribution in [2.75, 3.05) is 12.4 Å². The maximum absolute atomic E-state index is 11.4. The van der Waals surface area contributed by atoms with Crippen molar-refractivity contribution in [1.82, 2.24) is 4.98 Å². The van der Waals surface area contributed by atoms with Crippen LogP contribution >= 0.6 is 0 Å². The van der Waals surface area contributed by atoms with Gasteiger partial charge in [-0.25, -0.2) is 0 Å². The molecule has 19 heavy (non-hydrogen) atoms. The van der Waals surface area contributed by atoms with Gasteiger partial charge in [0.25, 0.3) is 0 Å². The van der Waals surface area contributed by atoms with Crippen molar-refractivity contribution in [2.24, 2.45) is 0 Å². The minimum Gasteiger partial charge on any atom is -0.469 e. The van der Waals surface area contributed by atoms with Crippen molar-refractivity contribution in [3.63, 3.8) is 0 Å². The van der Waals surface area contributed by atoms with Crippen LogP contribution in [0.25, 0.3) is 0 Å². The zero-order valence-corrected chi connectivity index (χ0v) is 11.0. The lowest BCUT2D eigenvalue weighted by Crippen LogP contribution is -2.10. The molecular formula is C15H16N2O2. The number of aromatic nitrogens is 1. The molecule has 4 nitrogen and oxygen atoms in total. The Hall–Kier alpha value is -2.36. The molecule has 0 unspecified atom stereocenters. The maximum Gasteiger partial charge on any atom is 0.312 e. The summed E-state index contributed by atoms with van der Waals surface area (Å²) in [6.45, 7) is 1.83. The van der Waals surface area contributed by atoms with Crippen LogP contribution in [0, 0.1) is 0 Å². The van der Waals surface area contributed by atoms with Crippen molar-refractivity contribution >= 4 is 17.3 Å². The molecule has 1 heterocycles. The lowest BCUT2D eigenvalue weighted by Gasteiger charge is -2.11. The first-order valence-corrected chi connectivity index (χ1v) is 6.05. The van der Waals surface area contributed by atoms with E-state index in [9.17, 15) is 4.79 Å².